The number of anilines is 1. The largest absolute Gasteiger partial charge is 0.501 e. The number of fused-ring (bicyclic) bond motifs is 1. The van der Waals surface area contributed by atoms with E-state index in [0.717, 1.165) is 24.3 Å². The van der Waals surface area contributed by atoms with E-state index in [1.807, 2.05) is 0 Å². The molecule has 0 unspecified atom stereocenters. The molecule has 0 amide bonds. The highest BCUT2D eigenvalue weighted by molar-refractivity contribution is 6.42. The molecule has 156 valence electrons. The standard InChI is InChI=1S/C21H19Cl2N3O4/c22-15-3-1-13(11-16(15)23)2-4-17(27)19-20(28)21(29)26-6-5-14(12-18(26)24-19)25-7-9-30-10-8-25/h1,3,5-6,11-12,28H,2,4,7-10H2. The molecular weight excluding hydrogens is 429 g/mol. The highest BCUT2D eigenvalue weighted by atomic mass is 35.5. The van der Waals surface area contributed by atoms with Gasteiger partial charge in [-0.15, -0.1) is 0 Å². The first-order valence-electron chi connectivity index (χ1n) is 9.49. The third-order valence-electron chi connectivity index (χ3n) is 5.06. The van der Waals surface area contributed by atoms with Crippen LogP contribution in [0.25, 0.3) is 5.65 Å². The SMILES string of the molecule is O=C(CCc1ccc(Cl)c(Cl)c1)c1nc2cc(N3CCOCC3)ccn2c(=O)c1O. The topological polar surface area (TPSA) is 84.1 Å². The molecule has 4 rings (SSSR count). The van der Waals surface area contributed by atoms with E-state index in [2.05, 4.69) is 9.88 Å². The summed E-state index contributed by atoms with van der Waals surface area (Å²) in [6.45, 7) is 2.71. The Morgan fingerprint density at radius 2 is 1.90 bits per heavy atom. The molecule has 0 aliphatic carbocycles. The minimum absolute atomic E-state index is 0.0668. The molecule has 0 atom stereocenters. The average Bonchev–Trinajstić information content (AvgIpc) is 2.77. The van der Waals surface area contributed by atoms with E-state index in [9.17, 15) is 14.7 Å². The van der Waals surface area contributed by atoms with Crippen LogP contribution in [0.1, 0.15) is 22.5 Å². The van der Waals surface area contributed by atoms with Crippen LogP contribution in [0.15, 0.2) is 41.3 Å². The Kier molecular flexibility index (Phi) is 5.94. The monoisotopic (exact) mass is 447 g/mol. The van der Waals surface area contributed by atoms with Crippen LogP contribution in [0.3, 0.4) is 0 Å². The highest BCUT2D eigenvalue weighted by Crippen LogP contribution is 2.24. The van der Waals surface area contributed by atoms with Gasteiger partial charge in [-0.3, -0.25) is 14.0 Å². The maximum absolute atomic E-state index is 12.7. The van der Waals surface area contributed by atoms with E-state index in [1.54, 1.807) is 36.5 Å². The summed E-state index contributed by atoms with van der Waals surface area (Å²) >= 11 is 11.9. The van der Waals surface area contributed by atoms with Crippen LogP contribution in [0, 0.1) is 0 Å². The van der Waals surface area contributed by atoms with Crippen molar-refractivity contribution in [3.63, 3.8) is 0 Å². The Bertz CT molecular complexity index is 1170. The van der Waals surface area contributed by atoms with Gasteiger partial charge in [0.2, 0.25) is 5.75 Å². The van der Waals surface area contributed by atoms with E-state index in [4.69, 9.17) is 27.9 Å². The number of ether oxygens (including phenoxy) is 1. The third kappa shape index (κ3) is 4.14. The van der Waals surface area contributed by atoms with Gasteiger partial charge in [-0.25, -0.2) is 4.98 Å². The maximum Gasteiger partial charge on any atom is 0.300 e. The number of aryl methyl sites for hydroxylation is 1. The molecule has 30 heavy (non-hydrogen) atoms. The zero-order chi connectivity index (χ0) is 21.3. The van der Waals surface area contributed by atoms with Crippen LogP contribution in [-0.2, 0) is 11.2 Å². The van der Waals surface area contributed by atoms with Gasteiger partial charge in [-0.05, 0) is 30.2 Å². The Morgan fingerprint density at radius 1 is 1.13 bits per heavy atom. The van der Waals surface area contributed by atoms with E-state index in [0.29, 0.717) is 35.3 Å². The summed E-state index contributed by atoms with van der Waals surface area (Å²) in [7, 11) is 0. The molecule has 1 aromatic carbocycles. The van der Waals surface area contributed by atoms with Gasteiger partial charge in [0, 0.05) is 37.5 Å². The number of carbonyl (C=O) groups excluding carboxylic acids is 1. The number of pyridine rings is 1. The van der Waals surface area contributed by atoms with Crippen LogP contribution in [0.2, 0.25) is 10.0 Å². The van der Waals surface area contributed by atoms with Crippen LogP contribution in [0.5, 0.6) is 5.75 Å². The molecule has 1 N–H and O–H groups in total. The van der Waals surface area contributed by atoms with Crippen molar-refractivity contribution < 1.29 is 14.6 Å². The Labute approximate surface area is 182 Å². The number of rotatable bonds is 5. The predicted molar refractivity (Wildman–Crippen MR) is 115 cm³/mol. The lowest BCUT2D eigenvalue weighted by atomic mass is 10.1. The number of Topliss-reactive ketones (excluding diaryl/α,β-unsaturated/α-hetero) is 1. The lowest BCUT2D eigenvalue weighted by Gasteiger charge is -2.28. The molecule has 7 nitrogen and oxygen atoms in total. The van der Waals surface area contributed by atoms with Gasteiger partial charge in [0.15, 0.2) is 11.5 Å². The van der Waals surface area contributed by atoms with Gasteiger partial charge in [0.1, 0.15) is 5.65 Å². The number of hydrogen-bond donors (Lipinski definition) is 1. The van der Waals surface area contributed by atoms with Crippen molar-refractivity contribution in [1.29, 1.82) is 0 Å². The Hall–Kier alpha value is -2.61. The first-order chi connectivity index (χ1) is 14.4. The van der Waals surface area contributed by atoms with Crippen molar-refractivity contribution in [1.82, 2.24) is 9.38 Å². The van der Waals surface area contributed by atoms with Crippen molar-refractivity contribution in [2.45, 2.75) is 12.8 Å². The van der Waals surface area contributed by atoms with Crippen LogP contribution in [0.4, 0.5) is 5.69 Å². The summed E-state index contributed by atoms with van der Waals surface area (Å²) in [5.74, 6) is -1.07. The highest BCUT2D eigenvalue weighted by Gasteiger charge is 2.20. The van der Waals surface area contributed by atoms with Gasteiger partial charge in [0.05, 0.1) is 23.3 Å². The lowest BCUT2D eigenvalue weighted by Crippen LogP contribution is -2.36. The first-order valence-corrected chi connectivity index (χ1v) is 10.2. The third-order valence-corrected chi connectivity index (χ3v) is 5.79. The number of aromatic nitrogens is 2. The fourth-order valence-electron chi connectivity index (χ4n) is 3.40. The normalized spacial score (nSPS) is 14.3. The van der Waals surface area contributed by atoms with Gasteiger partial charge >= 0.3 is 5.56 Å². The molecule has 0 bridgehead atoms. The first kappa shape index (κ1) is 20.7. The molecule has 3 aromatic rings. The van der Waals surface area contributed by atoms with Crippen molar-refractivity contribution in [3.05, 3.63) is 68.2 Å². The Balaban J connectivity index is 1.61. The molecule has 9 heteroatoms. The summed E-state index contributed by atoms with van der Waals surface area (Å²) in [6.07, 6.45) is 2.00. The van der Waals surface area contributed by atoms with Crippen LogP contribution in [-0.4, -0.2) is 46.6 Å². The van der Waals surface area contributed by atoms with E-state index in [-0.39, 0.29) is 12.1 Å². The fraction of sp³-hybridized carbons (Fsp3) is 0.286. The lowest BCUT2D eigenvalue weighted by molar-refractivity contribution is 0.0975. The Morgan fingerprint density at radius 3 is 2.63 bits per heavy atom. The number of aromatic hydroxyl groups is 1. The van der Waals surface area contributed by atoms with E-state index < -0.39 is 17.1 Å². The van der Waals surface area contributed by atoms with E-state index >= 15 is 0 Å². The number of morpholine rings is 1. The van der Waals surface area contributed by atoms with Gasteiger partial charge in [0.25, 0.3) is 0 Å². The minimum atomic E-state index is -0.675. The van der Waals surface area contributed by atoms with Gasteiger partial charge in [-0.1, -0.05) is 29.3 Å². The number of halogens is 2. The van der Waals surface area contributed by atoms with Gasteiger partial charge in [-0.2, -0.15) is 0 Å². The molecule has 2 aromatic heterocycles. The summed E-state index contributed by atoms with van der Waals surface area (Å²) in [5, 5.41) is 11.1. The van der Waals surface area contributed by atoms with Crippen molar-refractivity contribution >= 4 is 40.3 Å². The maximum atomic E-state index is 12.7. The fourth-order valence-corrected chi connectivity index (χ4v) is 3.72. The molecule has 0 saturated carbocycles. The molecule has 0 radical (unpaired) electrons. The quantitative estimate of drug-likeness (QED) is 0.603. The molecular formula is C21H19Cl2N3O4. The smallest absolute Gasteiger partial charge is 0.300 e. The second-order valence-electron chi connectivity index (χ2n) is 7.00. The minimum Gasteiger partial charge on any atom is -0.501 e. The average molecular weight is 448 g/mol. The summed E-state index contributed by atoms with van der Waals surface area (Å²) < 4.78 is 6.60. The second kappa shape index (κ2) is 8.63. The zero-order valence-corrected chi connectivity index (χ0v) is 17.5. The summed E-state index contributed by atoms with van der Waals surface area (Å²) in [6, 6.07) is 8.65. The van der Waals surface area contributed by atoms with Gasteiger partial charge < -0.3 is 14.7 Å². The molecule has 3 heterocycles. The number of carbonyl (C=O) groups is 1. The number of benzene rings is 1. The van der Waals surface area contributed by atoms with Crippen LogP contribution < -0.4 is 10.5 Å². The predicted octanol–water partition coefficient (Wildman–Crippen LogP) is 3.36. The molecule has 1 aliphatic heterocycles. The number of ketones is 1. The zero-order valence-electron chi connectivity index (χ0n) is 16.0. The summed E-state index contributed by atoms with van der Waals surface area (Å²) in [4.78, 5) is 31.7. The van der Waals surface area contributed by atoms with Crippen molar-refractivity contribution in [2.24, 2.45) is 0 Å². The molecule has 0 spiro atoms. The molecule has 1 aliphatic rings. The molecule has 1 fully saturated rings. The number of hydrogen-bond acceptors (Lipinski definition) is 6. The van der Waals surface area contributed by atoms with Crippen molar-refractivity contribution in [2.75, 3.05) is 31.2 Å². The number of nitrogens with zero attached hydrogens (tertiary/aromatic N) is 3. The van der Waals surface area contributed by atoms with Crippen molar-refractivity contribution in [3.8, 4) is 5.75 Å². The second-order valence-corrected chi connectivity index (χ2v) is 7.81. The van der Waals surface area contributed by atoms with Crippen LogP contribution >= 0.6 is 23.2 Å². The molecule has 1 saturated heterocycles. The summed E-state index contributed by atoms with van der Waals surface area (Å²) in [5.41, 5.74) is 1.11. The van der Waals surface area contributed by atoms with E-state index in [1.165, 1.54) is 4.40 Å².